The molecule has 0 spiro atoms. The van der Waals surface area contributed by atoms with Gasteiger partial charge in [-0.15, -0.1) is 0 Å². The number of amides is 2. The number of anilines is 1. The first-order valence-corrected chi connectivity index (χ1v) is 9.60. The van der Waals surface area contributed by atoms with Crippen molar-refractivity contribution in [3.05, 3.63) is 48.5 Å². The molecule has 8 heteroatoms. The first-order chi connectivity index (χ1) is 12.4. The smallest absolute Gasteiger partial charge is 0.339 e. The third-order valence-corrected chi connectivity index (χ3v) is 5.42. The lowest BCUT2D eigenvalue weighted by Crippen LogP contribution is -2.31. The van der Waals surface area contributed by atoms with Gasteiger partial charge in [-0.1, -0.05) is 6.07 Å². The molecule has 0 aliphatic carbocycles. The lowest BCUT2D eigenvalue weighted by atomic mass is 10.3. The van der Waals surface area contributed by atoms with E-state index in [1.54, 1.807) is 34.1 Å². The Balaban J connectivity index is 1.78. The average Bonchev–Trinajstić information content (AvgIpc) is 3.02. The first kappa shape index (κ1) is 18.1. The zero-order valence-corrected chi connectivity index (χ0v) is 15.4. The number of benzene rings is 2. The van der Waals surface area contributed by atoms with Gasteiger partial charge in [0, 0.05) is 31.4 Å². The molecule has 2 amide bonds. The van der Waals surface area contributed by atoms with E-state index in [-0.39, 0.29) is 16.7 Å². The van der Waals surface area contributed by atoms with E-state index in [0.717, 1.165) is 0 Å². The summed E-state index contributed by atoms with van der Waals surface area (Å²) in [5.74, 6) is 0.669. The van der Waals surface area contributed by atoms with Crippen molar-refractivity contribution in [3.63, 3.8) is 0 Å². The van der Waals surface area contributed by atoms with Crippen LogP contribution >= 0.6 is 0 Å². The Hall–Kier alpha value is -2.74. The number of rotatable bonds is 6. The molecule has 0 aromatic heterocycles. The van der Waals surface area contributed by atoms with Gasteiger partial charge < -0.3 is 13.8 Å². The van der Waals surface area contributed by atoms with Crippen LogP contribution in [0.15, 0.2) is 53.4 Å². The van der Waals surface area contributed by atoms with E-state index in [0.29, 0.717) is 31.1 Å². The number of nitrogens with zero attached hydrogens (tertiary/aromatic N) is 2. The highest BCUT2D eigenvalue weighted by atomic mass is 32.2. The zero-order chi connectivity index (χ0) is 18.7. The first-order valence-electron chi connectivity index (χ1n) is 8.19. The van der Waals surface area contributed by atoms with Crippen molar-refractivity contribution in [3.8, 4) is 11.5 Å². The summed E-state index contributed by atoms with van der Waals surface area (Å²) in [6.45, 7) is 3.82. The van der Waals surface area contributed by atoms with Crippen LogP contribution in [-0.4, -0.2) is 46.1 Å². The molecule has 2 aromatic carbocycles. The maximum Gasteiger partial charge on any atom is 0.339 e. The summed E-state index contributed by atoms with van der Waals surface area (Å²) in [5, 5.41) is 0. The van der Waals surface area contributed by atoms with Gasteiger partial charge in [-0.2, -0.15) is 8.42 Å². The van der Waals surface area contributed by atoms with Gasteiger partial charge in [-0.3, -0.25) is 4.90 Å². The summed E-state index contributed by atoms with van der Waals surface area (Å²) in [7, 11) is -2.49. The Bertz CT molecular complexity index is 896. The third kappa shape index (κ3) is 3.60. The average molecular weight is 376 g/mol. The van der Waals surface area contributed by atoms with Gasteiger partial charge >= 0.3 is 16.1 Å². The van der Waals surface area contributed by atoms with Crippen molar-refractivity contribution in [2.24, 2.45) is 0 Å². The van der Waals surface area contributed by atoms with Crippen LogP contribution in [0.25, 0.3) is 0 Å². The largest absolute Gasteiger partial charge is 0.497 e. The number of carbonyl (C=O) groups is 1. The van der Waals surface area contributed by atoms with Crippen LogP contribution in [0.2, 0.25) is 0 Å². The van der Waals surface area contributed by atoms with Crippen molar-refractivity contribution in [2.45, 2.75) is 11.8 Å². The molecule has 1 heterocycles. The Labute approximate surface area is 152 Å². The lowest BCUT2D eigenvalue weighted by Gasteiger charge is -2.17. The number of likely N-dealkylation sites (N-methyl/N-ethyl adjacent to an activating group) is 1. The van der Waals surface area contributed by atoms with Crippen LogP contribution in [0.1, 0.15) is 6.92 Å². The predicted molar refractivity (Wildman–Crippen MR) is 97.2 cm³/mol. The summed E-state index contributed by atoms with van der Waals surface area (Å²) in [4.78, 5) is 15.6. The number of ether oxygens (including phenoxy) is 1. The number of urea groups is 1. The molecular formula is C18H20N2O5S. The van der Waals surface area contributed by atoms with E-state index in [2.05, 4.69) is 0 Å². The van der Waals surface area contributed by atoms with E-state index < -0.39 is 10.1 Å². The second-order valence-electron chi connectivity index (χ2n) is 5.72. The van der Waals surface area contributed by atoms with E-state index in [1.165, 1.54) is 31.4 Å². The monoisotopic (exact) mass is 376 g/mol. The summed E-state index contributed by atoms with van der Waals surface area (Å²) < 4.78 is 35.1. The molecule has 0 saturated carbocycles. The van der Waals surface area contributed by atoms with Crippen molar-refractivity contribution < 1.29 is 22.1 Å². The Morgan fingerprint density at radius 3 is 2.35 bits per heavy atom. The highest BCUT2D eigenvalue weighted by Gasteiger charge is 2.28. The van der Waals surface area contributed by atoms with Gasteiger partial charge in [0.25, 0.3) is 0 Å². The Kier molecular flexibility index (Phi) is 5.03. The fraction of sp³-hybridized carbons (Fsp3) is 0.278. The molecule has 1 saturated heterocycles. The van der Waals surface area contributed by atoms with E-state index in [4.69, 9.17) is 8.92 Å². The molecule has 138 valence electrons. The highest BCUT2D eigenvalue weighted by Crippen LogP contribution is 2.25. The third-order valence-electron chi connectivity index (χ3n) is 4.16. The molecule has 26 heavy (non-hydrogen) atoms. The van der Waals surface area contributed by atoms with Crippen LogP contribution < -0.4 is 13.8 Å². The molecule has 0 atom stereocenters. The molecule has 0 bridgehead atoms. The second kappa shape index (κ2) is 7.25. The molecule has 7 nitrogen and oxygen atoms in total. The number of methoxy groups -OCH3 is 1. The van der Waals surface area contributed by atoms with Crippen LogP contribution in [0.4, 0.5) is 10.5 Å². The predicted octanol–water partition coefficient (Wildman–Crippen LogP) is 2.72. The lowest BCUT2D eigenvalue weighted by molar-refractivity contribution is 0.223. The summed E-state index contributed by atoms with van der Waals surface area (Å²) in [6, 6.07) is 12.4. The zero-order valence-electron chi connectivity index (χ0n) is 14.6. The van der Waals surface area contributed by atoms with Crippen LogP contribution in [-0.2, 0) is 10.1 Å². The topological polar surface area (TPSA) is 76.2 Å². The maximum atomic E-state index is 12.4. The Morgan fingerprint density at radius 1 is 1.04 bits per heavy atom. The molecule has 1 aliphatic rings. The van der Waals surface area contributed by atoms with Gasteiger partial charge in [0.05, 0.1) is 7.11 Å². The van der Waals surface area contributed by atoms with Crippen molar-refractivity contribution >= 4 is 21.8 Å². The SMILES string of the molecule is CCN1CCN(c2ccc(S(=O)(=O)Oc3cccc(OC)c3)cc2)C1=O. The van der Waals surface area contributed by atoms with E-state index in [1.807, 2.05) is 6.92 Å². The van der Waals surface area contributed by atoms with Gasteiger partial charge in [0.15, 0.2) is 0 Å². The fourth-order valence-electron chi connectivity index (χ4n) is 2.74. The summed E-state index contributed by atoms with van der Waals surface area (Å²) in [5.41, 5.74) is 0.659. The summed E-state index contributed by atoms with van der Waals surface area (Å²) in [6.07, 6.45) is 0. The van der Waals surface area contributed by atoms with Crippen molar-refractivity contribution in [1.29, 1.82) is 0 Å². The quantitative estimate of drug-likeness (QED) is 0.725. The normalized spacial score (nSPS) is 14.6. The van der Waals surface area contributed by atoms with E-state index in [9.17, 15) is 13.2 Å². The van der Waals surface area contributed by atoms with Crippen molar-refractivity contribution in [2.75, 3.05) is 31.6 Å². The van der Waals surface area contributed by atoms with Crippen LogP contribution in [0.5, 0.6) is 11.5 Å². The van der Waals surface area contributed by atoms with Gasteiger partial charge in [-0.05, 0) is 43.3 Å². The number of carbonyl (C=O) groups excluding carboxylic acids is 1. The maximum absolute atomic E-state index is 12.4. The van der Waals surface area contributed by atoms with Crippen LogP contribution in [0, 0.1) is 0 Å². The minimum atomic E-state index is -3.98. The molecule has 2 aromatic rings. The van der Waals surface area contributed by atoms with E-state index >= 15 is 0 Å². The number of hydrogen-bond acceptors (Lipinski definition) is 5. The minimum absolute atomic E-state index is 0.0167. The molecular weight excluding hydrogens is 356 g/mol. The Morgan fingerprint density at radius 2 is 1.73 bits per heavy atom. The fourth-order valence-corrected chi connectivity index (χ4v) is 3.66. The van der Waals surface area contributed by atoms with Gasteiger partial charge in [-0.25, -0.2) is 4.79 Å². The molecule has 3 rings (SSSR count). The van der Waals surface area contributed by atoms with Gasteiger partial charge in [0.1, 0.15) is 16.4 Å². The molecule has 0 N–H and O–H groups in total. The summed E-state index contributed by atoms with van der Waals surface area (Å²) >= 11 is 0. The van der Waals surface area contributed by atoms with Gasteiger partial charge in [0.2, 0.25) is 0 Å². The molecule has 0 unspecified atom stereocenters. The highest BCUT2D eigenvalue weighted by molar-refractivity contribution is 7.87. The molecule has 1 fully saturated rings. The number of hydrogen-bond donors (Lipinski definition) is 0. The van der Waals surface area contributed by atoms with Crippen LogP contribution in [0.3, 0.4) is 0 Å². The minimum Gasteiger partial charge on any atom is -0.497 e. The van der Waals surface area contributed by atoms with Crippen molar-refractivity contribution in [1.82, 2.24) is 4.90 Å². The molecule has 0 radical (unpaired) electrons. The molecule has 1 aliphatic heterocycles. The second-order valence-corrected chi connectivity index (χ2v) is 7.27. The standard InChI is InChI=1S/C18H20N2O5S/c1-3-19-11-12-20(18(19)21)14-7-9-17(10-8-14)26(22,23)25-16-6-4-5-15(13-16)24-2/h4-10,13H,3,11-12H2,1-2H3.